The minimum Gasteiger partial charge on any atom is -0.394 e. The first kappa shape index (κ1) is 25.5. The second-order valence-corrected chi connectivity index (χ2v) is 9.56. The Hall–Kier alpha value is -4.16. The van der Waals surface area contributed by atoms with E-state index in [2.05, 4.69) is 42.7 Å². The van der Waals surface area contributed by atoms with E-state index in [-0.39, 0.29) is 18.3 Å². The Morgan fingerprint density at radius 3 is 2.82 bits per heavy atom. The molecule has 1 atom stereocenters. The number of aromatic nitrogens is 6. The zero-order chi connectivity index (χ0) is 26.6. The van der Waals surface area contributed by atoms with Crippen LogP contribution in [0.3, 0.4) is 0 Å². The highest BCUT2D eigenvalue weighted by Crippen LogP contribution is 2.22. The lowest BCUT2D eigenvalue weighted by molar-refractivity contribution is -0.118. The van der Waals surface area contributed by atoms with Crippen LogP contribution in [-0.4, -0.2) is 76.9 Å². The van der Waals surface area contributed by atoms with Crippen molar-refractivity contribution in [2.24, 2.45) is 0 Å². The molecule has 0 bridgehead atoms. The summed E-state index contributed by atoms with van der Waals surface area (Å²) in [4.78, 5) is 32.3. The zero-order valence-corrected chi connectivity index (χ0v) is 21.5. The van der Waals surface area contributed by atoms with E-state index in [1.807, 2.05) is 18.3 Å². The predicted molar refractivity (Wildman–Crippen MR) is 142 cm³/mol. The van der Waals surface area contributed by atoms with Crippen molar-refractivity contribution in [1.82, 2.24) is 34.3 Å². The van der Waals surface area contributed by atoms with E-state index in [0.29, 0.717) is 41.8 Å². The van der Waals surface area contributed by atoms with Crippen molar-refractivity contribution in [3.63, 3.8) is 0 Å². The number of aliphatic hydroxyl groups excluding tert-OH is 1. The molecule has 12 heteroatoms. The lowest BCUT2D eigenvalue weighted by atomic mass is 10.0. The number of piperidine rings is 1. The van der Waals surface area contributed by atoms with Gasteiger partial charge in [-0.2, -0.15) is 5.10 Å². The van der Waals surface area contributed by atoms with E-state index in [9.17, 15) is 9.59 Å². The Morgan fingerprint density at radius 2 is 2.00 bits per heavy atom. The first-order chi connectivity index (χ1) is 18.4. The monoisotopic (exact) mass is 517 g/mol. The van der Waals surface area contributed by atoms with Gasteiger partial charge >= 0.3 is 0 Å². The number of amides is 2. The van der Waals surface area contributed by atoms with Crippen molar-refractivity contribution in [3.05, 3.63) is 54.5 Å². The van der Waals surface area contributed by atoms with Gasteiger partial charge in [0.05, 0.1) is 49.2 Å². The fourth-order valence-electron chi connectivity index (χ4n) is 4.65. The van der Waals surface area contributed by atoms with Crippen LogP contribution in [0, 0.1) is 6.92 Å². The number of aryl methyl sites for hydroxylation is 1. The molecular weight excluding hydrogens is 486 g/mol. The number of fused-ring (bicyclic) bond motifs is 1. The number of nitrogens with one attached hydrogen (secondary N) is 2. The standard InChI is InChI=1S/C26H31N9O3/c1-17-5-3-4-7-33(17)16-24(37)29-21-12-22(18(2)27-14-21)30-26(38)25-32-31-23-11-19(6-8-35(23)25)20-13-28-34(15-20)9-10-36/h6,8,11-15,17,36H,3-5,7,9-10,16H2,1-2H3,(H,29,37)(H,30,38)/t17-/m1/s1. The first-order valence-electron chi connectivity index (χ1n) is 12.7. The highest BCUT2D eigenvalue weighted by Gasteiger charge is 2.21. The number of nitrogens with zero attached hydrogens (tertiary/aromatic N) is 7. The van der Waals surface area contributed by atoms with Crippen LogP contribution in [0.2, 0.25) is 0 Å². The number of hydrogen-bond donors (Lipinski definition) is 3. The van der Waals surface area contributed by atoms with Crippen molar-refractivity contribution in [3.8, 4) is 11.1 Å². The number of carbonyl (C=O) groups is 2. The summed E-state index contributed by atoms with van der Waals surface area (Å²) < 4.78 is 3.26. The number of hydrogen-bond acceptors (Lipinski definition) is 8. The van der Waals surface area contributed by atoms with Gasteiger partial charge in [-0.3, -0.25) is 28.6 Å². The number of carbonyl (C=O) groups excluding carboxylic acids is 2. The summed E-state index contributed by atoms with van der Waals surface area (Å²) in [6, 6.07) is 5.75. The summed E-state index contributed by atoms with van der Waals surface area (Å²) in [5.41, 5.74) is 3.83. The Balaban J connectivity index is 1.28. The largest absolute Gasteiger partial charge is 0.394 e. The molecule has 198 valence electrons. The predicted octanol–water partition coefficient (Wildman–Crippen LogP) is 2.35. The number of aliphatic hydroxyl groups is 1. The molecule has 1 aliphatic heterocycles. The highest BCUT2D eigenvalue weighted by molar-refractivity contribution is 6.03. The molecule has 5 heterocycles. The van der Waals surface area contributed by atoms with Crippen LogP contribution in [0.15, 0.2) is 43.0 Å². The highest BCUT2D eigenvalue weighted by atomic mass is 16.3. The minimum atomic E-state index is -0.448. The summed E-state index contributed by atoms with van der Waals surface area (Å²) in [6.07, 6.45) is 10.3. The maximum Gasteiger partial charge on any atom is 0.294 e. The van der Waals surface area contributed by atoms with Gasteiger partial charge < -0.3 is 15.7 Å². The van der Waals surface area contributed by atoms with Gasteiger partial charge in [0.25, 0.3) is 5.91 Å². The molecule has 0 aliphatic carbocycles. The van der Waals surface area contributed by atoms with Gasteiger partial charge in [-0.05, 0) is 57.0 Å². The van der Waals surface area contributed by atoms with Crippen molar-refractivity contribution in [2.75, 3.05) is 30.3 Å². The van der Waals surface area contributed by atoms with Crippen LogP contribution < -0.4 is 10.6 Å². The van der Waals surface area contributed by atoms with Crippen LogP contribution in [0.25, 0.3) is 16.8 Å². The molecule has 0 radical (unpaired) electrons. The van der Waals surface area contributed by atoms with Gasteiger partial charge in [0.1, 0.15) is 0 Å². The van der Waals surface area contributed by atoms with Gasteiger partial charge in [-0.15, -0.1) is 10.2 Å². The Labute approximate surface area is 219 Å². The average Bonchev–Trinajstić information content (AvgIpc) is 3.54. The smallest absolute Gasteiger partial charge is 0.294 e. The van der Waals surface area contributed by atoms with E-state index in [1.165, 1.54) is 6.42 Å². The second kappa shape index (κ2) is 11.1. The minimum absolute atomic E-state index is 0.00492. The normalized spacial score (nSPS) is 16.0. The maximum atomic E-state index is 13.1. The molecule has 1 saturated heterocycles. The topological polar surface area (TPSA) is 143 Å². The molecule has 0 saturated carbocycles. The fourth-order valence-corrected chi connectivity index (χ4v) is 4.65. The summed E-state index contributed by atoms with van der Waals surface area (Å²) in [7, 11) is 0. The molecule has 0 aromatic carbocycles. The van der Waals surface area contributed by atoms with E-state index >= 15 is 0 Å². The molecule has 4 aromatic rings. The van der Waals surface area contributed by atoms with E-state index in [1.54, 1.807) is 40.7 Å². The fraction of sp³-hybridized carbons (Fsp3) is 0.385. The van der Waals surface area contributed by atoms with Crippen molar-refractivity contribution in [1.29, 1.82) is 0 Å². The second-order valence-electron chi connectivity index (χ2n) is 9.56. The average molecular weight is 518 g/mol. The maximum absolute atomic E-state index is 13.1. The van der Waals surface area contributed by atoms with E-state index in [4.69, 9.17) is 5.11 Å². The number of anilines is 2. The van der Waals surface area contributed by atoms with Crippen molar-refractivity contribution in [2.45, 2.75) is 45.7 Å². The third kappa shape index (κ3) is 5.55. The van der Waals surface area contributed by atoms with Gasteiger partial charge in [0.15, 0.2) is 5.65 Å². The summed E-state index contributed by atoms with van der Waals surface area (Å²) >= 11 is 0. The van der Waals surface area contributed by atoms with Gasteiger partial charge in [-0.25, -0.2) is 0 Å². The zero-order valence-electron chi connectivity index (χ0n) is 21.5. The summed E-state index contributed by atoms with van der Waals surface area (Å²) in [5, 5.41) is 27.3. The number of rotatable bonds is 8. The van der Waals surface area contributed by atoms with Gasteiger partial charge in [0.2, 0.25) is 11.7 Å². The third-order valence-corrected chi connectivity index (χ3v) is 6.81. The Bertz CT molecular complexity index is 1460. The molecule has 1 aliphatic rings. The van der Waals surface area contributed by atoms with Gasteiger partial charge in [0, 0.05) is 24.0 Å². The lowest BCUT2D eigenvalue weighted by Crippen LogP contribution is -2.42. The van der Waals surface area contributed by atoms with Crippen molar-refractivity contribution >= 4 is 28.8 Å². The molecule has 4 aromatic heterocycles. The van der Waals surface area contributed by atoms with Crippen LogP contribution in [0.4, 0.5) is 11.4 Å². The van der Waals surface area contributed by atoms with Crippen LogP contribution in [0.5, 0.6) is 0 Å². The van der Waals surface area contributed by atoms with Gasteiger partial charge in [-0.1, -0.05) is 6.42 Å². The molecular formula is C26H31N9O3. The molecule has 1 fully saturated rings. The molecule has 0 spiro atoms. The molecule has 0 unspecified atom stereocenters. The molecule has 3 N–H and O–H groups in total. The third-order valence-electron chi connectivity index (χ3n) is 6.81. The number of pyridine rings is 2. The Morgan fingerprint density at radius 1 is 1.13 bits per heavy atom. The summed E-state index contributed by atoms with van der Waals surface area (Å²) in [6.45, 7) is 5.59. The van der Waals surface area contributed by atoms with Crippen molar-refractivity contribution < 1.29 is 14.7 Å². The van der Waals surface area contributed by atoms with E-state index < -0.39 is 5.91 Å². The quantitative estimate of drug-likeness (QED) is 0.323. The molecule has 5 rings (SSSR count). The first-order valence-corrected chi connectivity index (χ1v) is 12.7. The van der Waals surface area contributed by atoms with Crippen LogP contribution in [-0.2, 0) is 11.3 Å². The van der Waals surface area contributed by atoms with Crippen LogP contribution >= 0.6 is 0 Å². The molecule has 2 amide bonds. The van der Waals surface area contributed by atoms with Crippen LogP contribution in [0.1, 0.15) is 42.5 Å². The number of likely N-dealkylation sites (tertiary alicyclic amines) is 1. The molecule has 12 nitrogen and oxygen atoms in total. The van der Waals surface area contributed by atoms with E-state index in [0.717, 1.165) is 30.5 Å². The SMILES string of the molecule is Cc1ncc(NC(=O)CN2CCCC[C@H]2C)cc1NC(=O)c1nnc2cc(-c3cnn(CCO)c3)ccn12. The molecule has 38 heavy (non-hydrogen) atoms. The Kier molecular flexibility index (Phi) is 7.43. The lowest BCUT2D eigenvalue weighted by Gasteiger charge is -2.32. The summed E-state index contributed by atoms with van der Waals surface area (Å²) in [5.74, 6) is -0.435.